The second-order valence-electron chi connectivity index (χ2n) is 8.01. The number of rotatable bonds is 5. The van der Waals surface area contributed by atoms with Crippen LogP contribution < -0.4 is 14.3 Å². The Morgan fingerprint density at radius 1 is 1.03 bits per heavy atom. The summed E-state index contributed by atoms with van der Waals surface area (Å²) < 4.78 is 70.8. The number of hydrogen-bond donors (Lipinski definition) is 1. The first-order valence-corrected chi connectivity index (χ1v) is 11.2. The Morgan fingerprint density at radius 3 is 2.37 bits per heavy atom. The molecule has 0 spiro atoms. The van der Waals surface area contributed by atoms with Crippen LogP contribution in [0, 0.1) is 29.3 Å². The molecule has 3 aliphatic rings. The van der Waals surface area contributed by atoms with Gasteiger partial charge in [0.2, 0.25) is 0 Å². The summed E-state index contributed by atoms with van der Waals surface area (Å²) in [5.41, 5.74) is 5.55. The number of nitrogens with zero attached hydrogens (tertiary/aromatic N) is 3. The van der Waals surface area contributed by atoms with Crippen LogP contribution in [0.25, 0.3) is 0 Å². The predicted octanol–water partition coefficient (Wildman–Crippen LogP) is 2.59. The third-order valence-corrected chi connectivity index (χ3v) is 8.08. The zero-order valence-corrected chi connectivity index (χ0v) is 16.8. The van der Waals surface area contributed by atoms with E-state index in [0.717, 1.165) is 10.8 Å². The molecule has 1 saturated carbocycles. The molecule has 1 unspecified atom stereocenters. The predicted molar refractivity (Wildman–Crippen MR) is 107 cm³/mol. The zero-order chi connectivity index (χ0) is 21.2. The van der Waals surface area contributed by atoms with Crippen molar-refractivity contribution in [2.75, 3.05) is 34.8 Å². The van der Waals surface area contributed by atoms with E-state index in [2.05, 4.69) is 4.90 Å². The first-order valence-electron chi connectivity index (χ1n) is 9.83. The standard InChI is InChI=1S/C20H21F3N4O2S/c21-13-8-15(22)20(16(23)9-13)27-18-4-2-1-3-17(18)26(30(27,28)29)6-5-25-11-12-7-14(12)19(25)10-24/h1-4,8-9,12,14,19H,5-7,10-11,24H2/t12-,14?,19+/m0/s1. The Kier molecular flexibility index (Phi) is 4.49. The van der Waals surface area contributed by atoms with Crippen LogP contribution in [0.4, 0.5) is 30.2 Å². The van der Waals surface area contributed by atoms with Crippen LogP contribution in [-0.2, 0) is 10.2 Å². The molecule has 2 aromatic rings. The summed E-state index contributed by atoms with van der Waals surface area (Å²) in [6.45, 7) is 1.98. The lowest BCUT2D eigenvalue weighted by Crippen LogP contribution is -2.45. The second-order valence-corrected chi connectivity index (χ2v) is 9.71. The number of anilines is 3. The minimum atomic E-state index is -4.31. The van der Waals surface area contributed by atoms with Crippen LogP contribution >= 0.6 is 0 Å². The fourth-order valence-corrected chi connectivity index (χ4v) is 6.57. The molecule has 160 valence electrons. The number of likely N-dealkylation sites (tertiary alicyclic amines) is 1. The maximum absolute atomic E-state index is 14.5. The molecule has 30 heavy (non-hydrogen) atoms. The van der Waals surface area contributed by atoms with E-state index in [9.17, 15) is 21.6 Å². The van der Waals surface area contributed by atoms with E-state index in [0.29, 0.717) is 47.1 Å². The summed E-state index contributed by atoms with van der Waals surface area (Å²) in [7, 11) is -4.31. The van der Waals surface area contributed by atoms with Gasteiger partial charge in [0.25, 0.3) is 0 Å². The smallest absolute Gasteiger partial charge is 0.329 e. The molecule has 2 aromatic carbocycles. The van der Waals surface area contributed by atoms with Crippen LogP contribution in [0.1, 0.15) is 6.42 Å². The van der Waals surface area contributed by atoms with Gasteiger partial charge in [0.05, 0.1) is 11.4 Å². The molecule has 6 nitrogen and oxygen atoms in total. The van der Waals surface area contributed by atoms with Crippen molar-refractivity contribution < 1.29 is 21.6 Å². The molecule has 2 fully saturated rings. The summed E-state index contributed by atoms with van der Waals surface area (Å²) in [6.07, 6.45) is 1.17. The first-order chi connectivity index (χ1) is 14.3. The molecule has 3 atom stereocenters. The first kappa shape index (κ1) is 19.7. The Bertz CT molecular complexity index is 1090. The summed E-state index contributed by atoms with van der Waals surface area (Å²) in [6, 6.07) is 7.50. The molecular formula is C20H21F3N4O2S. The third-order valence-electron chi connectivity index (χ3n) is 6.30. The molecule has 1 aliphatic carbocycles. The van der Waals surface area contributed by atoms with Gasteiger partial charge in [0.15, 0.2) is 11.6 Å². The quantitative estimate of drug-likeness (QED) is 0.779. The van der Waals surface area contributed by atoms with Crippen LogP contribution in [0.15, 0.2) is 36.4 Å². The third kappa shape index (κ3) is 2.89. The van der Waals surface area contributed by atoms with Crippen molar-refractivity contribution >= 4 is 27.3 Å². The average Bonchev–Trinajstić information content (AvgIpc) is 3.29. The van der Waals surface area contributed by atoms with E-state index in [1.165, 1.54) is 12.5 Å². The van der Waals surface area contributed by atoms with Gasteiger partial charge in [0, 0.05) is 44.4 Å². The van der Waals surface area contributed by atoms with E-state index in [4.69, 9.17) is 5.73 Å². The monoisotopic (exact) mass is 438 g/mol. The van der Waals surface area contributed by atoms with E-state index >= 15 is 0 Å². The number of halogens is 3. The van der Waals surface area contributed by atoms with Crippen molar-refractivity contribution in [2.45, 2.75) is 12.5 Å². The SMILES string of the molecule is NC[C@@H]1C2C[C@H]2CN1CCN1c2ccccc2N(c2c(F)cc(F)cc2F)S1(=O)=O. The van der Waals surface area contributed by atoms with Gasteiger partial charge >= 0.3 is 10.2 Å². The molecule has 0 bridgehead atoms. The molecular weight excluding hydrogens is 417 g/mol. The van der Waals surface area contributed by atoms with Crippen molar-refractivity contribution in [1.29, 1.82) is 0 Å². The highest BCUT2D eigenvalue weighted by molar-refractivity contribution is 7.95. The van der Waals surface area contributed by atoms with Crippen molar-refractivity contribution in [3.63, 3.8) is 0 Å². The summed E-state index contributed by atoms with van der Waals surface area (Å²) >= 11 is 0. The number of benzene rings is 2. The highest BCUT2D eigenvalue weighted by Crippen LogP contribution is 2.50. The second kappa shape index (κ2) is 6.86. The van der Waals surface area contributed by atoms with Crippen LogP contribution in [-0.4, -0.2) is 45.5 Å². The van der Waals surface area contributed by atoms with Crippen LogP contribution in [0.2, 0.25) is 0 Å². The molecule has 5 rings (SSSR count). The molecule has 0 amide bonds. The van der Waals surface area contributed by atoms with Gasteiger partial charge in [-0.25, -0.2) is 21.8 Å². The lowest BCUT2D eigenvalue weighted by atomic mass is 10.2. The zero-order valence-electron chi connectivity index (χ0n) is 16.0. The fraction of sp³-hybridized carbons (Fsp3) is 0.400. The Morgan fingerprint density at radius 2 is 1.70 bits per heavy atom. The van der Waals surface area contributed by atoms with Crippen molar-refractivity contribution in [1.82, 2.24) is 4.90 Å². The minimum Gasteiger partial charge on any atom is -0.329 e. The van der Waals surface area contributed by atoms with Crippen LogP contribution in [0.5, 0.6) is 0 Å². The van der Waals surface area contributed by atoms with E-state index in [1.807, 2.05) is 0 Å². The minimum absolute atomic E-state index is 0.121. The lowest BCUT2D eigenvalue weighted by molar-refractivity contribution is 0.231. The molecule has 0 radical (unpaired) electrons. The highest BCUT2D eigenvalue weighted by atomic mass is 32.2. The number of para-hydroxylation sites is 2. The summed E-state index contributed by atoms with van der Waals surface area (Å²) in [5.74, 6) is -2.47. The topological polar surface area (TPSA) is 69.9 Å². The van der Waals surface area contributed by atoms with Gasteiger partial charge in [-0.15, -0.1) is 0 Å². The number of hydrogen-bond acceptors (Lipinski definition) is 4. The Labute approximate surface area is 172 Å². The largest absolute Gasteiger partial charge is 0.331 e. The van der Waals surface area contributed by atoms with Crippen molar-refractivity contribution in [3.8, 4) is 0 Å². The number of fused-ring (bicyclic) bond motifs is 2. The van der Waals surface area contributed by atoms with Crippen LogP contribution in [0.3, 0.4) is 0 Å². The van der Waals surface area contributed by atoms with Gasteiger partial charge in [-0.1, -0.05) is 12.1 Å². The van der Waals surface area contributed by atoms with Gasteiger partial charge in [-0.2, -0.15) is 8.42 Å². The van der Waals surface area contributed by atoms with Gasteiger partial charge in [-0.3, -0.25) is 4.90 Å². The fourth-order valence-electron chi connectivity index (χ4n) is 4.85. The Balaban J connectivity index is 1.50. The molecule has 2 N–H and O–H groups in total. The maximum Gasteiger partial charge on any atom is 0.331 e. The van der Waals surface area contributed by atoms with Gasteiger partial charge in [-0.05, 0) is 30.4 Å². The van der Waals surface area contributed by atoms with Gasteiger partial charge in [0.1, 0.15) is 11.5 Å². The van der Waals surface area contributed by atoms with E-state index < -0.39 is 33.3 Å². The lowest BCUT2D eigenvalue weighted by Gasteiger charge is -2.29. The summed E-state index contributed by atoms with van der Waals surface area (Å²) in [4.78, 5) is 2.19. The Hall–Kier alpha value is -2.30. The van der Waals surface area contributed by atoms with E-state index in [1.54, 1.807) is 18.2 Å². The van der Waals surface area contributed by atoms with Gasteiger partial charge < -0.3 is 5.73 Å². The number of piperidine rings is 1. The molecule has 2 heterocycles. The number of nitrogens with two attached hydrogens (primary N) is 1. The van der Waals surface area contributed by atoms with E-state index in [-0.39, 0.29) is 18.3 Å². The molecule has 2 aliphatic heterocycles. The summed E-state index contributed by atoms with van der Waals surface area (Å²) in [5, 5.41) is 0. The molecule has 0 aromatic heterocycles. The van der Waals surface area contributed by atoms with Crippen molar-refractivity contribution in [3.05, 3.63) is 53.8 Å². The maximum atomic E-state index is 14.5. The molecule has 10 heteroatoms. The normalized spacial score (nSPS) is 26.7. The highest BCUT2D eigenvalue weighted by Gasteiger charge is 2.52. The van der Waals surface area contributed by atoms with Crippen molar-refractivity contribution in [2.24, 2.45) is 17.6 Å². The molecule has 1 saturated heterocycles. The average molecular weight is 438 g/mol.